The largest absolute Gasteiger partial charge is 0.317 e. The van der Waals surface area contributed by atoms with Gasteiger partial charge in [0.1, 0.15) is 0 Å². The topological polar surface area (TPSA) is 15.3 Å². The second kappa shape index (κ2) is 6.28. The summed E-state index contributed by atoms with van der Waals surface area (Å²) in [6.07, 6.45) is 5.40. The van der Waals surface area contributed by atoms with E-state index in [4.69, 9.17) is 0 Å². The van der Waals surface area contributed by atoms with Gasteiger partial charge in [0.25, 0.3) is 0 Å². The average molecular weight is 272 g/mol. The Kier molecular flexibility index (Phi) is 4.42. The molecule has 3 rings (SSSR count). The molecule has 0 spiro atoms. The lowest BCUT2D eigenvalue weighted by atomic mass is 9.75. The molecule has 2 fully saturated rings. The second-order valence-corrected chi connectivity index (χ2v) is 6.96. The molecule has 1 N–H and O–H groups in total. The number of nitrogens with one attached hydrogen (secondary N) is 1. The highest BCUT2D eigenvalue weighted by atomic mass is 15.1. The molecule has 20 heavy (non-hydrogen) atoms. The third kappa shape index (κ3) is 3.24. The van der Waals surface area contributed by atoms with Crippen molar-refractivity contribution in [3.05, 3.63) is 35.9 Å². The van der Waals surface area contributed by atoms with Crippen molar-refractivity contribution >= 4 is 0 Å². The third-order valence-electron chi connectivity index (χ3n) is 5.22. The zero-order valence-electron chi connectivity index (χ0n) is 12.8. The average Bonchev–Trinajstić information content (AvgIpc) is 2.49. The zero-order valence-corrected chi connectivity index (χ0v) is 12.8. The van der Waals surface area contributed by atoms with Crippen molar-refractivity contribution in [1.29, 1.82) is 0 Å². The molecule has 1 aromatic rings. The van der Waals surface area contributed by atoms with E-state index in [1.54, 1.807) is 0 Å². The quantitative estimate of drug-likeness (QED) is 0.910. The predicted molar refractivity (Wildman–Crippen MR) is 85.1 cm³/mol. The lowest BCUT2D eigenvalue weighted by Crippen LogP contribution is -2.47. The van der Waals surface area contributed by atoms with Gasteiger partial charge in [-0.2, -0.15) is 0 Å². The minimum absolute atomic E-state index is 0.354. The van der Waals surface area contributed by atoms with Gasteiger partial charge in [-0.05, 0) is 56.8 Å². The standard InChI is InChI=1S/C18H28N2/c1-18(17-6-3-2-4-7-17)10-5-13-20(15-18)14-16-8-11-19-12-9-16/h2-4,6-7,16,19H,5,8-15H2,1H3. The molecule has 2 heteroatoms. The van der Waals surface area contributed by atoms with Gasteiger partial charge in [-0.3, -0.25) is 0 Å². The Morgan fingerprint density at radius 1 is 1.20 bits per heavy atom. The first-order valence-electron chi connectivity index (χ1n) is 8.25. The van der Waals surface area contributed by atoms with Crippen LogP contribution in [0, 0.1) is 5.92 Å². The molecule has 1 atom stereocenters. The zero-order chi connectivity index (χ0) is 13.8. The molecule has 110 valence electrons. The van der Waals surface area contributed by atoms with E-state index in [2.05, 4.69) is 47.5 Å². The lowest BCUT2D eigenvalue weighted by molar-refractivity contribution is 0.126. The summed E-state index contributed by atoms with van der Waals surface area (Å²) in [5, 5.41) is 3.48. The molecule has 0 aliphatic carbocycles. The maximum atomic E-state index is 3.48. The SMILES string of the molecule is CC1(c2ccccc2)CCCN(CC2CCNCC2)C1. The molecule has 0 bridgehead atoms. The minimum atomic E-state index is 0.354. The van der Waals surface area contributed by atoms with Crippen LogP contribution >= 0.6 is 0 Å². The molecule has 0 radical (unpaired) electrons. The van der Waals surface area contributed by atoms with Crippen molar-refractivity contribution in [2.75, 3.05) is 32.7 Å². The van der Waals surface area contributed by atoms with Gasteiger partial charge in [0.05, 0.1) is 0 Å². The van der Waals surface area contributed by atoms with E-state index in [1.807, 2.05) is 0 Å². The Morgan fingerprint density at radius 2 is 1.95 bits per heavy atom. The van der Waals surface area contributed by atoms with Crippen LogP contribution in [0.5, 0.6) is 0 Å². The van der Waals surface area contributed by atoms with Crippen molar-refractivity contribution < 1.29 is 0 Å². The third-order valence-corrected chi connectivity index (χ3v) is 5.22. The Balaban J connectivity index is 1.63. The first-order chi connectivity index (χ1) is 9.76. The van der Waals surface area contributed by atoms with Crippen molar-refractivity contribution in [3.8, 4) is 0 Å². The summed E-state index contributed by atoms with van der Waals surface area (Å²) in [4.78, 5) is 2.73. The summed E-state index contributed by atoms with van der Waals surface area (Å²) in [6, 6.07) is 11.1. The highest BCUT2D eigenvalue weighted by Crippen LogP contribution is 2.34. The molecule has 2 aliphatic heterocycles. The van der Waals surface area contributed by atoms with Crippen molar-refractivity contribution in [3.63, 3.8) is 0 Å². The van der Waals surface area contributed by atoms with E-state index in [0.717, 1.165) is 5.92 Å². The molecule has 1 unspecified atom stereocenters. The van der Waals surface area contributed by atoms with Crippen LogP contribution in [-0.4, -0.2) is 37.6 Å². The maximum absolute atomic E-state index is 3.48. The van der Waals surface area contributed by atoms with E-state index in [-0.39, 0.29) is 0 Å². The molecule has 1 aromatic carbocycles. The summed E-state index contributed by atoms with van der Waals surface area (Å²) >= 11 is 0. The molecular weight excluding hydrogens is 244 g/mol. The predicted octanol–water partition coefficient (Wildman–Crippen LogP) is 3.04. The summed E-state index contributed by atoms with van der Waals surface area (Å²) in [7, 11) is 0. The first kappa shape index (κ1) is 14.1. The molecule has 2 aliphatic rings. The summed E-state index contributed by atoms with van der Waals surface area (Å²) in [5.74, 6) is 0.911. The van der Waals surface area contributed by atoms with Crippen molar-refractivity contribution in [1.82, 2.24) is 10.2 Å². The lowest BCUT2D eigenvalue weighted by Gasteiger charge is -2.42. The monoisotopic (exact) mass is 272 g/mol. The number of rotatable bonds is 3. The smallest absolute Gasteiger partial charge is 0.00761 e. The van der Waals surface area contributed by atoms with Crippen LogP contribution in [0.25, 0.3) is 0 Å². The highest BCUT2D eigenvalue weighted by molar-refractivity contribution is 5.25. The fourth-order valence-electron chi connectivity index (χ4n) is 4.01. The van der Waals surface area contributed by atoms with E-state index in [1.165, 1.54) is 64.0 Å². The number of piperidine rings is 2. The van der Waals surface area contributed by atoms with Crippen LogP contribution in [0.15, 0.2) is 30.3 Å². The second-order valence-electron chi connectivity index (χ2n) is 6.96. The Bertz CT molecular complexity index is 411. The van der Waals surface area contributed by atoms with Gasteiger partial charge in [0.2, 0.25) is 0 Å². The van der Waals surface area contributed by atoms with Crippen LogP contribution in [0.2, 0.25) is 0 Å². The fourth-order valence-corrected chi connectivity index (χ4v) is 4.01. The Labute approximate surface area is 123 Å². The summed E-state index contributed by atoms with van der Waals surface area (Å²) in [5.41, 5.74) is 1.88. The van der Waals surface area contributed by atoms with Gasteiger partial charge in [-0.1, -0.05) is 37.3 Å². The molecule has 2 saturated heterocycles. The Morgan fingerprint density at radius 3 is 2.70 bits per heavy atom. The van der Waals surface area contributed by atoms with Gasteiger partial charge in [0, 0.05) is 18.5 Å². The van der Waals surface area contributed by atoms with Crippen LogP contribution in [0.4, 0.5) is 0 Å². The number of benzene rings is 1. The van der Waals surface area contributed by atoms with Crippen LogP contribution in [-0.2, 0) is 5.41 Å². The molecule has 0 amide bonds. The number of likely N-dealkylation sites (tertiary alicyclic amines) is 1. The van der Waals surface area contributed by atoms with Gasteiger partial charge in [0.15, 0.2) is 0 Å². The van der Waals surface area contributed by atoms with Gasteiger partial charge < -0.3 is 10.2 Å². The van der Waals surface area contributed by atoms with Gasteiger partial charge in [-0.25, -0.2) is 0 Å². The molecule has 2 heterocycles. The first-order valence-corrected chi connectivity index (χ1v) is 8.25. The molecule has 0 saturated carbocycles. The fraction of sp³-hybridized carbons (Fsp3) is 0.667. The number of hydrogen-bond donors (Lipinski definition) is 1. The van der Waals surface area contributed by atoms with Gasteiger partial charge in [-0.15, -0.1) is 0 Å². The van der Waals surface area contributed by atoms with Crippen LogP contribution in [0.3, 0.4) is 0 Å². The van der Waals surface area contributed by atoms with E-state index in [9.17, 15) is 0 Å². The van der Waals surface area contributed by atoms with Crippen molar-refractivity contribution in [2.45, 2.75) is 38.0 Å². The summed E-state index contributed by atoms with van der Waals surface area (Å²) in [6.45, 7) is 8.73. The normalized spacial score (nSPS) is 29.4. The van der Waals surface area contributed by atoms with Crippen LogP contribution < -0.4 is 5.32 Å². The summed E-state index contributed by atoms with van der Waals surface area (Å²) < 4.78 is 0. The van der Waals surface area contributed by atoms with E-state index >= 15 is 0 Å². The molecule has 2 nitrogen and oxygen atoms in total. The van der Waals surface area contributed by atoms with Crippen molar-refractivity contribution in [2.24, 2.45) is 5.92 Å². The van der Waals surface area contributed by atoms with Gasteiger partial charge >= 0.3 is 0 Å². The Hall–Kier alpha value is -0.860. The van der Waals surface area contributed by atoms with E-state index in [0.29, 0.717) is 5.41 Å². The number of hydrogen-bond acceptors (Lipinski definition) is 2. The molecule has 0 aromatic heterocycles. The highest BCUT2D eigenvalue weighted by Gasteiger charge is 2.33. The number of nitrogens with zero attached hydrogens (tertiary/aromatic N) is 1. The van der Waals surface area contributed by atoms with E-state index < -0.39 is 0 Å². The maximum Gasteiger partial charge on any atom is 0.00761 e. The molecular formula is C18H28N2. The minimum Gasteiger partial charge on any atom is -0.317 e. The van der Waals surface area contributed by atoms with Crippen LogP contribution in [0.1, 0.15) is 38.2 Å².